The van der Waals surface area contributed by atoms with E-state index in [9.17, 15) is 4.79 Å². The summed E-state index contributed by atoms with van der Waals surface area (Å²) in [5, 5.41) is 3.09. The molecule has 4 rings (SSSR count). The van der Waals surface area contributed by atoms with Crippen LogP contribution in [0.4, 0.5) is 0 Å². The van der Waals surface area contributed by atoms with E-state index < -0.39 is 0 Å². The summed E-state index contributed by atoms with van der Waals surface area (Å²) in [6.07, 6.45) is 6.29. The largest absolute Gasteiger partial charge is 0.350 e. The number of nitrogens with one attached hydrogen (secondary N) is 1. The van der Waals surface area contributed by atoms with Gasteiger partial charge in [0.25, 0.3) is 0 Å². The highest BCUT2D eigenvalue weighted by Gasteiger charge is 2.31. The summed E-state index contributed by atoms with van der Waals surface area (Å²) >= 11 is 0. The number of hydrogen-bond donors (Lipinski definition) is 1. The van der Waals surface area contributed by atoms with E-state index in [0.29, 0.717) is 12.6 Å². The quantitative estimate of drug-likeness (QED) is 0.799. The highest BCUT2D eigenvalue weighted by atomic mass is 16.1. The van der Waals surface area contributed by atoms with Gasteiger partial charge in [-0.05, 0) is 69.9 Å². The smallest absolute Gasteiger partial charge is 0.224 e. The predicted octanol–water partition coefficient (Wildman–Crippen LogP) is 3.38. The lowest BCUT2D eigenvalue weighted by atomic mass is 9.93. The first-order valence-electron chi connectivity index (χ1n) is 11.4. The van der Waals surface area contributed by atoms with Crippen LogP contribution < -0.4 is 5.32 Å². The summed E-state index contributed by atoms with van der Waals surface area (Å²) < 4.78 is 0. The number of carbonyl (C=O) groups excluding carboxylic acids is 1. The predicted molar refractivity (Wildman–Crippen MR) is 120 cm³/mol. The number of piperidine rings is 2. The van der Waals surface area contributed by atoms with Gasteiger partial charge in [0.1, 0.15) is 0 Å². The van der Waals surface area contributed by atoms with E-state index in [2.05, 4.69) is 51.3 Å². The van der Waals surface area contributed by atoms with Gasteiger partial charge in [0.15, 0.2) is 0 Å². The van der Waals surface area contributed by atoms with Crippen LogP contribution in [-0.4, -0.2) is 52.9 Å². The molecular formula is C25H34N4O. The molecule has 5 heteroatoms. The van der Waals surface area contributed by atoms with E-state index in [1.165, 1.54) is 24.0 Å². The maximum atomic E-state index is 12.7. The van der Waals surface area contributed by atoms with E-state index in [4.69, 9.17) is 0 Å². The molecule has 3 heterocycles. The molecule has 2 saturated heterocycles. The average Bonchev–Trinajstić information content (AvgIpc) is 2.80. The molecule has 1 N–H and O–H groups in total. The standard InChI is InChI=1S/C25H34N4O/c1-20-7-9-21(10-8-20)18-28-15-11-24(12-16-28)29-14-4-5-22(19-29)25(30)27-17-23-6-2-3-13-26-23/h2-3,6-10,13,22,24H,4-5,11-12,14-19H2,1H3,(H,27,30). The summed E-state index contributed by atoms with van der Waals surface area (Å²) in [5.74, 6) is 0.287. The van der Waals surface area contributed by atoms with E-state index in [1.54, 1.807) is 6.20 Å². The van der Waals surface area contributed by atoms with Crippen LogP contribution in [0.15, 0.2) is 48.7 Å². The summed E-state index contributed by atoms with van der Waals surface area (Å²) in [4.78, 5) is 22.2. The first kappa shape index (κ1) is 21.0. The van der Waals surface area contributed by atoms with Gasteiger partial charge in [-0.15, -0.1) is 0 Å². The fraction of sp³-hybridized carbons (Fsp3) is 0.520. The Kier molecular flexibility index (Phi) is 7.13. The van der Waals surface area contributed by atoms with Crippen LogP contribution in [0.1, 0.15) is 42.5 Å². The Morgan fingerprint density at radius 2 is 1.87 bits per heavy atom. The number of benzene rings is 1. The number of likely N-dealkylation sites (tertiary alicyclic amines) is 2. The molecule has 160 valence electrons. The molecule has 1 amide bonds. The highest BCUT2D eigenvalue weighted by molar-refractivity contribution is 5.78. The first-order valence-corrected chi connectivity index (χ1v) is 11.4. The van der Waals surface area contributed by atoms with Crippen molar-refractivity contribution in [2.24, 2.45) is 5.92 Å². The minimum atomic E-state index is 0.105. The van der Waals surface area contributed by atoms with Crippen molar-refractivity contribution in [2.75, 3.05) is 26.2 Å². The number of nitrogens with zero attached hydrogens (tertiary/aromatic N) is 3. The molecule has 0 bridgehead atoms. The van der Waals surface area contributed by atoms with Crippen LogP contribution in [0.25, 0.3) is 0 Å². The molecule has 1 aromatic heterocycles. The van der Waals surface area contributed by atoms with Crippen LogP contribution in [-0.2, 0) is 17.9 Å². The number of aryl methyl sites for hydroxylation is 1. The van der Waals surface area contributed by atoms with Gasteiger partial charge in [-0.25, -0.2) is 0 Å². The molecule has 0 saturated carbocycles. The second kappa shape index (κ2) is 10.2. The zero-order valence-corrected chi connectivity index (χ0v) is 18.1. The maximum Gasteiger partial charge on any atom is 0.224 e. The van der Waals surface area contributed by atoms with Crippen LogP contribution >= 0.6 is 0 Å². The number of amides is 1. The van der Waals surface area contributed by atoms with Crippen LogP contribution in [0.2, 0.25) is 0 Å². The van der Waals surface area contributed by atoms with Crippen molar-refractivity contribution in [2.45, 2.75) is 51.7 Å². The van der Waals surface area contributed by atoms with E-state index in [0.717, 1.165) is 51.3 Å². The number of aromatic nitrogens is 1. The molecule has 0 radical (unpaired) electrons. The number of hydrogen-bond acceptors (Lipinski definition) is 4. The first-order chi connectivity index (χ1) is 14.7. The van der Waals surface area contributed by atoms with Crippen molar-refractivity contribution in [3.8, 4) is 0 Å². The maximum absolute atomic E-state index is 12.7. The molecule has 1 atom stereocenters. The van der Waals surface area contributed by atoms with Gasteiger partial charge >= 0.3 is 0 Å². The molecular weight excluding hydrogens is 372 g/mol. The molecule has 30 heavy (non-hydrogen) atoms. The van der Waals surface area contributed by atoms with Gasteiger partial charge in [-0.2, -0.15) is 0 Å². The fourth-order valence-corrected chi connectivity index (χ4v) is 4.77. The zero-order valence-electron chi connectivity index (χ0n) is 18.1. The van der Waals surface area contributed by atoms with Gasteiger partial charge in [0.2, 0.25) is 5.91 Å². The van der Waals surface area contributed by atoms with Crippen molar-refractivity contribution in [1.29, 1.82) is 0 Å². The van der Waals surface area contributed by atoms with Crippen LogP contribution in [0.3, 0.4) is 0 Å². The molecule has 2 fully saturated rings. The van der Waals surface area contributed by atoms with Gasteiger partial charge in [-0.1, -0.05) is 35.9 Å². The third kappa shape index (κ3) is 5.67. The van der Waals surface area contributed by atoms with Crippen molar-refractivity contribution < 1.29 is 4.79 Å². The summed E-state index contributed by atoms with van der Waals surface area (Å²) in [6.45, 7) is 8.03. The highest BCUT2D eigenvalue weighted by Crippen LogP contribution is 2.25. The fourth-order valence-electron chi connectivity index (χ4n) is 4.77. The van der Waals surface area contributed by atoms with Crippen molar-refractivity contribution in [3.05, 3.63) is 65.5 Å². The molecule has 2 aliphatic rings. The van der Waals surface area contributed by atoms with E-state index in [1.807, 2.05) is 18.2 Å². The number of rotatable bonds is 6. The lowest BCUT2D eigenvalue weighted by Gasteiger charge is -2.42. The van der Waals surface area contributed by atoms with Crippen molar-refractivity contribution in [3.63, 3.8) is 0 Å². The third-order valence-electron chi connectivity index (χ3n) is 6.59. The summed E-state index contributed by atoms with van der Waals surface area (Å²) in [6, 6.07) is 15.3. The average molecular weight is 407 g/mol. The van der Waals surface area contributed by atoms with E-state index >= 15 is 0 Å². The molecule has 2 aliphatic heterocycles. The molecule has 5 nitrogen and oxygen atoms in total. The lowest BCUT2D eigenvalue weighted by molar-refractivity contribution is -0.127. The zero-order chi connectivity index (χ0) is 20.8. The van der Waals surface area contributed by atoms with Gasteiger partial charge < -0.3 is 5.32 Å². The normalized spacial score (nSPS) is 21.4. The Morgan fingerprint density at radius 3 is 2.60 bits per heavy atom. The summed E-state index contributed by atoms with van der Waals surface area (Å²) in [5.41, 5.74) is 3.64. The minimum Gasteiger partial charge on any atom is -0.350 e. The van der Waals surface area contributed by atoms with Gasteiger partial charge in [0, 0.05) is 25.3 Å². The number of carbonyl (C=O) groups is 1. The topological polar surface area (TPSA) is 48.5 Å². The number of pyridine rings is 1. The van der Waals surface area contributed by atoms with E-state index in [-0.39, 0.29) is 11.8 Å². The molecule has 1 unspecified atom stereocenters. The Bertz CT molecular complexity index is 800. The SMILES string of the molecule is Cc1ccc(CN2CCC(N3CCCC(C(=O)NCc4ccccn4)C3)CC2)cc1. The Labute approximate surface area is 180 Å². The molecule has 0 aliphatic carbocycles. The van der Waals surface area contributed by atoms with Crippen molar-refractivity contribution >= 4 is 5.91 Å². The third-order valence-corrected chi connectivity index (χ3v) is 6.59. The van der Waals surface area contributed by atoms with Gasteiger partial charge in [0.05, 0.1) is 18.2 Å². The molecule has 1 aromatic carbocycles. The second-order valence-corrected chi connectivity index (χ2v) is 8.87. The molecule has 2 aromatic rings. The molecule has 0 spiro atoms. The van der Waals surface area contributed by atoms with Gasteiger partial charge in [-0.3, -0.25) is 19.6 Å². The lowest BCUT2D eigenvalue weighted by Crippen LogP contribution is -2.50. The van der Waals surface area contributed by atoms with Crippen LogP contribution in [0, 0.1) is 12.8 Å². The summed E-state index contributed by atoms with van der Waals surface area (Å²) in [7, 11) is 0. The Balaban J connectivity index is 1.23. The Morgan fingerprint density at radius 1 is 1.07 bits per heavy atom. The minimum absolute atomic E-state index is 0.105. The second-order valence-electron chi connectivity index (χ2n) is 8.87. The van der Waals surface area contributed by atoms with Crippen molar-refractivity contribution in [1.82, 2.24) is 20.1 Å². The Hall–Kier alpha value is -2.24. The van der Waals surface area contributed by atoms with Crippen LogP contribution in [0.5, 0.6) is 0 Å². The monoisotopic (exact) mass is 406 g/mol.